The van der Waals surface area contributed by atoms with Crippen LogP contribution in [0.5, 0.6) is 0 Å². The molecule has 6 nitrogen and oxygen atoms in total. The summed E-state index contributed by atoms with van der Waals surface area (Å²) in [7, 11) is 0. The number of rotatable bonds is 6. The number of hydrogen-bond acceptors (Lipinski definition) is 6. The predicted octanol–water partition coefficient (Wildman–Crippen LogP) is 4.00. The van der Waals surface area contributed by atoms with Gasteiger partial charge in [0.05, 0.1) is 17.0 Å². The van der Waals surface area contributed by atoms with Crippen molar-refractivity contribution in [1.29, 1.82) is 0 Å². The molecule has 3 heterocycles. The molecule has 1 aliphatic rings. The van der Waals surface area contributed by atoms with Gasteiger partial charge in [0.2, 0.25) is 0 Å². The number of anilines is 1. The Bertz CT molecular complexity index is 1280. The zero-order valence-corrected chi connectivity index (χ0v) is 18.5. The largest absolute Gasteiger partial charge is 0.366 e. The Hall–Kier alpha value is -3.23. The van der Waals surface area contributed by atoms with E-state index in [1.54, 1.807) is 29.3 Å². The lowest BCUT2D eigenvalue weighted by Crippen LogP contribution is -2.27. The minimum atomic E-state index is -0.256. The van der Waals surface area contributed by atoms with Crippen molar-refractivity contribution >= 4 is 51.7 Å². The Kier molecular flexibility index (Phi) is 6.01. The second-order valence-corrected chi connectivity index (χ2v) is 8.71. The lowest BCUT2D eigenvalue weighted by Gasteiger charge is -2.14. The first kappa shape index (κ1) is 21.0. The summed E-state index contributed by atoms with van der Waals surface area (Å²) >= 11 is 6.63. The predicted molar refractivity (Wildman–Crippen MR) is 130 cm³/mol. The number of amides is 1. The number of fused-ring (bicyclic) bond motifs is 1. The van der Waals surface area contributed by atoms with Crippen LogP contribution in [-0.2, 0) is 11.3 Å². The van der Waals surface area contributed by atoms with E-state index in [0.29, 0.717) is 39.3 Å². The molecule has 1 N–H and O–H groups in total. The number of carbonyl (C=O) groups excluding carboxylic acids is 1. The van der Waals surface area contributed by atoms with Gasteiger partial charge in [-0.3, -0.25) is 18.9 Å². The highest BCUT2D eigenvalue weighted by Gasteiger charge is 2.32. The zero-order chi connectivity index (χ0) is 22.0. The molecule has 0 unspecified atom stereocenters. The van der Waals surface area contributed by atoms with E-state index in [0.717, 1.165) is 11.1 Å². The molecule has 1 saturated heterocycles. The van der Waals surface area contributed by atoms with E-state index in [9.17, 15) is 9.59 Å². The molecule has 0 saturated carbocycles. The van der Waals surface area contributed by atoms with Crippen molar-refractivity contribution in [2.24, 2.45) is 0 Å². The molecule has 0 atom stereocenters. The second-order valence-electron chi connectivity index (χ2n) is 7.04. The summed E-state index contributed by atoms with van der Waals surface area (Å²) < 4.78 is 1.95. The number of pyridine rings is 1. The summed E-state index contributed by atoms with van der Waals surface area (Å²) in [6.07, 6.45) is 5.00. The molecule has 4 rings (SSSR count). The topological polar surface area (TPSA) is 66.7 Å². The third-order valence-electron chi connectivity index (χ3n) is 4.75. The number of hydrogen-bond donors (Lipinski definition) is 1. The smallest absolute Gasteiger partial charge is 0.267 e. The van der Waals surface area contributed by atoms with Gasteiger partial charge in [0.15, 0.2) is 0 Å². The lowest BCUT2D eigenvalue weighted by molar-refractivity contribution is -0.122. The fourth-order valence-electron chi connectivity index (χ4n) is 3.23. The van der Waals surface area contributed by atoms with Crippen LogP contribution in [-0.4, -0.2) is 31.1 Å². The summed E-state index contributed by atoms with van der Waals surface area (Å²) in [5, 5.41) is 3.11. The van der Waals surface area contributed by atoms with Gasteiger partial charge in [0.25, 0.3) is 11.5 Å². The molecule has 1 fully saturated rings. The molecule has 1 aliphatic heterocycles. The Labute approximate surface area is 189 Å². The molecular weight excluding hydrogens is 428 g/mol. The van der Waals surface area contributed by atoms with Crippen LogP contribution < -0.4 is 10.9 Å². The van der Waals surface area contributed by atoms with Crippen LogP contribution in [0, 0.1) is 6.92 Å². The van der Waals surface area contributed by atoms with Gasteiger partial charge in [-0.2, -0.15) is 0 Å². The molecule has 156 valence electrons. The van der Waals surface area contributed by atoms with Gasteiger partial charge in [0.1, 0.15) is 15.8 Å². The van der Waals surface area contributed by atoms with Gasteiger partial charge in [0, 0.05) is 12.7 Å². The molecule has 31 heavy (non-hydrogen) atoms. The van der Waals surface area contributed by atoms with Crippen LogP contribution >= 0.6 is 24.0 Å². The second kappa shape index (κ2) is 8.87. The van der Waals surface area contributed by atoms with Crippen LogP contribution in [0.25, 0.3) is 11.7 Å². The minimum Gasteiger partial charge on any atom is -0.366 e. The van der Waals surface area contributed by atoms with Gasteiger partial charge in [-0.15, -0.1) is 6.58 Å². The monoisotopic (exact) mass is 448 g/mol. The van der Waals surface area contributed by atoms with Crippen molar-refractivity contribution in [3.05, 3.63) is 93.3 Å². The van der Waals surface area contributed by atoms with E-state index in [-0.39, 0.29) is 11.5 Å². The summed E-state index contributed by atoms with van der Waals surface area (Å²) in [5.41, 5.74) is 2.49. The van der Waals surface area contributed by atoms with Gasteiger partial charge in [-0.25, -0.2) is 4.98 Å². The first-order chi connectivity index (χ1) is 15.0. The third kappa shape index (κ3) is 4.30. The maximum absolute atomic E-state index is 13.3. The van der Waals surface area contributed by atoms with E-state index < -0.39 is 0 Å². The fraction of sp³-hybridized carbons (Fsp3) is 0.130. The van der Waals surface area contributed by atoms with Crippen molar-refractivity contribution in [3.63, 3.8) is 0 Å². The van der Waals surface area contributed by atoms with Crippen molar-refractivity contribution in [3.8, 4) is 0 Å². The highest BCUT2D eigenvalue weighted by molar-refractivity contribution is 8.26. The number of aryl methyl sites for hydroxylation is 1. The average molecular weight is 449 g/mol. The van der Waals surface area contributed by atoms with Gasteiger partial charge in [-0.1, -0.05) is 66.5 Å². The fourth-order valence-corrected chi connectivity index (χ4v) is 4.46. The molecule has 2 aromatic heterocycles. The summed E-state index contributed by atoms with van der Waals surface area (Å²) in [4.78, 5) is 32.8. The van der Waals surface area contributed by atoms with Crippen LogP contribution in [0.4, 0.5) is 5.82 Å². The Morgan fingerprint density at radius 3 is 2.71 bits per heavy atom. The summed E-state index contributed by atoms with van der Waals surface area (Å²) in [6.45, 7) is 6.43. The SMILES string of the molecule is C=CCNc1nc2ccc(C)cn2c(=O)c1/C=C1\SC(=S)N(Cc2ccccc2)C1=O. The number of aromatic nitrogens is 2. The average Bonchev–Trinajstić information content (AvgIpc) is 3.03. The standard InChI is InChI=1S/C23H20N4O2S2/c1-3-11-24-20-17(21(28)26-13-15(2)9-10-19(26)25-20)12-18-22(29)27(23(30)31-18)14-16-7-5-4-6-8-16/h3-10,12-13,24H,1,11,14H2,2H3/b18-12-. The van der Waals surface area contributed by atoms with E-state index >= 15 is 0 Å². The minimum absolute atomic E-state index is 0.220. The van der Waals surface area contributed by atoms with Crippen LogP contribution in [0.3, 0.4) is 0 Å². The maximum Gasteiger partial charge on any atom is 0.267 e. The number of nitrogens with zero attached hydrogens (tertiary/aromatic N) is 3. The third-order valence-corrected chi connectivity index (χ3v) is 6.13. The molecule has 1 amide bonds. The first-order valence-corrected chi connectivity index (χ1v) is 10.9. The quantitative estimate of drug-likeness (QED) is 0.349. The molecule has 8 heteroatoms. The normalized spacial score (nSPS) is 15.1. The molecule has 1 aromatic carbocycles. The highest BCUT2D eigenvalue weighted by atomic mass is 32.2. The van der Waals surface area contributed by atoms with E-state index in [2.05, 4.69) is 16.9 Å². The number of nitrogens with one attached hydrogen (secondary N) is 1. The van der Waals surface area contributed by atoms with Crippen molar-refractivity contribution in [1.82, 2.24) is 14.3 Å². The Morgan fingerprint density at radius 2 is 1.97 bits per heavy atom. The van der Waals surface area contributed by atoms with Crippen LogP contribution in [0.1, 0.15) is 16.7 Å². The maximum atomic E-state index is 13.3. The first-order valence-electron chi connectivity index (χ1n) is 9.65. The van der Waals surface area contributed by atoms with E-state index in [1.807, 2.05) is 43.3 Å². The van der Waals surface area contributed by atoms with Crippen molar-refractivity contribution in [2.45, 2.75) is 13.5 Å². The van der Waals surface area contributed by atoms with Crippen LogP contribution in [0.2, 0.25) is 0 Å². The molecule has 3 aromatic rings. The van der Waals surface area contributed by atoms with E-state index in [4.69, 9.17) is 12.2 Å². The Balaban J connectivity index is 1.76. The number of benzene rings is 1. The highest BCUT2D eigenvalue weighted by Crippen LogP contribution is 2.34. The number of carbonyl (C=O) groups is 1. The van der Waals surface area contributed by atoms with Crippen molar-refractivity contribution in [2.75, 3.05) is 11.9 Å². The van der Waals surface area contributed by atoms with Crippen molar-refractivity contribution < 1.29 is 4.79 Å². The number of thioether (sulfide) groups is 1. The Morgan fingerprint density at radius 1 is 1.19 bits per heavy atom. The zero-order valence-electron chi connectivity index (χ0n) is 16.9. The van der Waals surface area contributed by atoms with E-state index in [1.165, 1.54) is 16.2 Å². The summed E-state index contributed by atoms with van der Waals surface area (Å²) in [5.74, 6) is 0.185. The number of thiocarbonyl (C=S) groups is 1. The molecule has 0 radical (unpaired) electrons. The molecule has 0 spiro atoms. The lowest BCUT2D eigenvalue weighted by atomic mass is 10.2. The summed E-state index contributed by atoms with van der Waals surface area (Å²) in [6, 6.07) is 13.3. The molecule has 0 bridgehead atoms. The van der Waals surface area contributed by atoms with Gasteiger partial charge in [-0.05, 0) is 30.2 Å². The van der Waals surface area contributed by atoms with Crippen LogP contribution in [0.15, 0.2) is 71.0 Å². The van der Waals surface area contributed by atoms with Gasteiger partial charge >= 0.3 is 0 Å². The molecule has 0 aliphatic carbocycles. The van der Waals surface area contributed by atoms with Gasteiger partial charge < -0.3 is 5.32 Å². The molecular formula is C23H20N4O2S2.